The summed E-state index contributed by atoms with van der Waals surface area (Å²) in [6.07, 6.45) is 3.33. The molecule has 0 unspecified atom stereocenters. The highest BCUT2D eigenvalue weighted by Crippen LogP contribution is 2.31. The van der Waals surface area contributed by atoms with Crippen molar-refractivity contribution in [2.75, 3.05) is 19.4 Å². The number of nitrogens with one attached hydrogen (secondary N) is 1. The number of hydrogen-bond donors (Lipinski definition) is 1. The van der Waals surface area contributed by atoms with Crippen LogP contribution in [0.15, 0.2) is 17.5 Å². The Hall–Kier alpha value is -0.470. The van der Waals surface area contributed by atoms with Crippen LogP contribution in [0.5, 0.6) is 0 Å². The van der Waals surface area contributed by atoms with Gasteiger partial charge in [-0.05, 0) is 24.3 Å². The van der Waals surface area contributed by atoms with Crippen LogP contribution in [0, 0.1) is 0 Å². The molecule has 3 rings (SSSR count). The Labute approximate surface area is 124 Å². The number of ether oxygens (including phenoxy) is 1. The van der Waals surface area contributed by atoms with Crippen LogP contribution in [-0.2, 0) is 21.3 Å². The summed E-state index contributed by atoms with van der Waals surface area (Å²) in [6, 6.07) is 4.37. The molecule has 20 heavy (non-hydrogen) atoms. The number of sulfonamides is 1. The molecule has 2 fully saturated rings. The van der Waals surface area contributed by atoms with Crippen molar-refractivity contribution in [3.63, 3.8) is 0 Å². The van der Waals surface area contributed by atoms with Gasteiger partial charge in [0.15, 0.2) is 0 Å². The minimum atomic E-state index is -3.20. The number of hydrogen-bond acceptors (Lipinski definition) is 5. The molecule has 3 atom stereocenters. The average molecular weight is 316 g/mol. The molecule has 7 heteroatoms. The molecule has 2 aliphatic heterocycles. The number of thiophene rings is 1. The predicted octanol–water partition coefficient (Wildman–Crippen LogP) is 1.03. The van der Waals surface area contributed by atoms with Crippen LogP contribution in [0.4, 0.5) is 0 Å². The summed E-state index contributed by atoms with van der Waals surface area (Å²) >= 11 is 1.74. The first-order valence-electron chi connectivity index (χ1n) is 6.88. The van der Waals surface area contributed by atoms with E-state index in [1.54, 1.807) is 11.3 Å². The second-order valence-corrected chi connectivity index (χ2v) is 8.36. The van der Waals surface area contributed by atoms with Gasteiger partial charge in [0.2, 0.25) is 10.0 Å². The van der Waals surface area contributed by atoms with Gasteiger partial charge in [0.25, 0.3) is 0 Å². The van der Waals surface area contributed by atoms with Gasteiger partial charge < -0.3 is 4.74 Å². The molecule has 0 spiro atoms. The van der Waals surface area contributed by atoms with E-state index in [1.165, 1.54) is 11.1 Å². The van der Waals surface area contributed by atoms with Gasteiger partial charge in [0.1, 0.15) is 0 Å². The standard InChI is InChI=1S/C13H20N2O3S2/c1-20(16,17)14-11-9-15(8-10-4-3-7-19-10)12-5-2-6-18-13(11)12/h3-4,7,11-14H,2,5-6,8-9H2,1H3/t11-,12-,13-/m1/s1. The van der Waals surface area contributed by atoms with Gasteiger partial charge in [-0.25, -0.2) is 13.1 Å². The average Bonchev–Trinajstić information content (AvgIpc) is 2.98. The molecular weight excluding hydrogens is 296 g/mol. The zero-order valence-electron chi connectivity index (χ0n) is 11.5. The Kier molecular flexibility index (Phi) is 4.14. The summed E-state index contributed by atoms with van der Waals surface area (Å²) in [7, 11) is -3.20. The maximum Gasteiger partial charge on any atom is 0.209 e. The van der Waals surface area contributed by atoms with Crippen LogP contribution in [0.25, 0.3) is 0 Å². The molecule has 112 valence electrons. The van der Waals surface area contributed by atoms with Crippen molar-refractivity contribution in [3.8, 4) is 0 Å². The fourth-order valence-corrected chi connectivity index (χ4v) is 4.71. The van der Waals surface area contributed by atoms with E-state index < -0.39 is 10.0 Å². The lowest BCUT2D eigenvalue weighted by Crippen LogP contribution is -2.47. The van der Waals surface area contributed by atoms with Crippen molar-refractivity contribution in [2.45, 2.75) is 37.6 Å². The van der Waals surface area contributed by atoms with E-state index in [-0.39, 0.29) is 12.1 Å². The van der Waals surface area contributed by atoms with Crippen molar-refractivity contribution >= 4 is 21.4 Å². The minimum absolute atomic E-state index is 0.0153. The van der Waals surface area contributed by atoms with E-state index in [9.17, 15) is 8.42 Å². The van der Waals surface area contributed by atoms with E-state index in [0.717, 1.165) is 32.5 Å². The third-order valence-electron chi connectivity index (χ3n) is 3.94. The topological polar surface area (TPSA) is 58.6 Å². The fourth-order valence-electron chi connectivity index (χ4n) is 3.22. The molecule has 1 aromatic rings. The molecule has 2 saturated heterocycles. The van der Waals surface area contributed by atoms with Gasteiger partial charge in [-0.15, -0.1) is 11.3 Å². The summed E-state index contributed by atoms with van der Waals surface area (Å²) in [5, 5.41) is 2.08. The third kappa shape index (κ3) is 3.23. The Morgan fingerprint density at radius 3 is 3.10 bits per heavy atom. The quantitative estimate of drug-likeness (QED) is 0.901. The summed E-state index contributed by atoms with van der Waals surface area (Å²) in [4.78, 5) is 3.67. The Morgan fingerprint density at radius 2 is 2.40 bits per heavy atom. The molecule has 3 heterocycles. The predicted molar refractivity (Wildman–Crippen MR) is 79.3 cm³/mol. The van der Waals surface area contributed by atoms with E-state index in [0.29, 0.717) is 6.04 Å². The zero-order valence-corrected chi connectivity index (χ0v) is 13.1. The highest BCUT2D eigenvalue weighted by atomic mass is 32.2. The van der Waals surface area contributed by atoms with Crippen molar-refractivity contribution in [1.29, 1.82) is 0 Å². The first-order chi connectivity index (χ1) is 9.53. The van der Waals surface area contributed by atoms with Gasteiger partial charge in [0.05, 0.1) is 18.4 Å². The van der Waals surface area contributed by atoms with Crippen LogP contribution in [-0.4, -0.2) is 50.9 Å². The summed E-state index contributed by atoms with van der Waals surface area (Å²) < 4.78 is 31.6. The van der Waals surface area contributed by atoms with Gasteiger partial charge in [-0.1, -0.05) is 6.07 Å². The van der Waals surface area contributed by atoms with Crippen LogP contribution in [0.3, 0.4) is 0 Å². The molecule has 0 bridgehead atoms. The van der Waals surface area contributed by atoms with Gasteiger partial charge >= 0.3 is 0 Å². The molecule has 5 nitrogen and oxygen atoms in total. The Morgan fingerprint density at radius 1 is 1.55 bits per heavy atom. The Balaban J connectivity index is 1.74. The smallest absolute Gasteiger partial charge is 0.209 e. The van der Waals surface area contributed by atoms with Crippen molar-refractivity contribution in [2.24, 2.45) is 0 Å². The summed E-state index contributed by atoms with van der Waals surface area (Å²) in [5.74, 6) is 0. The van der Waals surface area contributed by atoms with Crippen LogP contribution in [0.1, 0.15) is 17.7 Å². The minimum Gasteiger partial charge on any atom is -0.375 e. The maximum atomic E-state index is 11.5. The van der Waals surface area contributed by atoms with E-state index in [1.807, 2.05) is 0 Å². The van der Waals surface area contributed by atoms with Crippen LogP contribution < -0.4 is 4.72 Å². The lowest BCUT2D eigenvalue weighted by molar-refractivity contribution is -0.0192. The first-order valence-corrected chi connectivity index (χ1v) is 9.65. The van der Waals surface area contributed by atoms with Crippen molar-refractivity contribution in [1.82, 2.24) is 9.62 Å². The monoisotopic (exact) mass is 316 g/mol. The summed E-state index contributed by atoms with van der Waals surface area (Å²) in [5.41, 5.74) is 0. The zero-order chi connectivity index (χ0) is 14.2. The Bertz CT molecular complexity index is 544. The fraction of sp³-hybridized carbons (Fsp3) is 0.692. The number of fused-ring (bicyclic) bond motifs is 1. The summed E-state index contributed by atoms with van der Waals surface area (Å²) in [6.45, 7) is 2.33. The van der Waals surface area contributed by atoms with Gasteiger partial charge in [-0.2, -0.15) is 0 Å². The molecule has 1 aromatic heterocycles. The van der Waals surface area contributed by atoms with Crippen LogP contribution in [0.2, 0.25) is 0 Å². The van der Waals surface area contributed by atoms with E-state index >= 15 is 0 Å². The second-order valence-electron chi connectivity index (χ2n) is 5.55. The SMILES string of the molecule is CS(=O)(=O)N[C@@H]1CN(Cc2cccs2)[C@@H]2CCCO[C@@H]21. The molecule has 0 aromatic carbocycles. The molecule has 0 amide bonds. The molecular formula is C13H20N2O3S2. The normalized spacial score (nSPS) is 31.4. The number of nitrogens with zero attached hydrogens (tertiary/aromatic N) is 1. The van der Waals surface area contributed by atoms with Crippen LogP contribution >= 0.6 is 11.3 Å². The van der Waals surface area contributed by atoms with Crippen molar-refractivity contribution in [3.05, 3.63) is 22.4 Å². The third-order valence-corrected chi connectivity index (χ3v) is 5.53. The molecule has 0 aliphatic carbocycles. The van der Waals surface area contributed by atoms with E-state index in [4.69, 9.17) is 4.74 Å². The number of rotatable bonds is 4. The maximum absolute atomic E-state index is 11.5. The molecule has 2 aliphatic rings. The van der Waals surface area contributed by atoms with Crippen molar-refractivity contribution < 1.29 is 13.2 Å². The highest BCUT2D eigenvalue weighted by molar-refractivity contribution is 7.88. The van der Waals surface area contributed by atoms with Gasteiger partial charge in [0, 0.05) is 30.6 Å². The first kappa shape index (κ1) is 14.5. The second kappa shape index (κ2) is 5.73. The van der Waals surface area contributed by atoms with Gasteiger partial charge in [-0.3, -0.25) is 4.90 Å². The molecule has 1 N–H and O–H groups in total. The molecule has 0 saturated carbocycles. The molecule has 0 radical (unpaired) electrons. The number of likely N-dealkylation sites (tertiary alicyclic amines) is 1. The lowest BCUT2D eigenvalue weighted by atomic mass is 10.0. The largest absolute Gasteiger partial charge is 0.375 e. The van der Waals surface area contributed by atoms with E-state index in [2.05, 4.69) is 27.1 Å². The lowest BCUT2D eigenvalue weighted by Gasteiger charge is -2.32. The highest BCUT2D eigenvalue weighted by Gasteiger charge is 2.44.